The van der Waals surface area contributed by atoms with Gasteiger partial charge in [0.05, 0.1) is 6.61 Å². The molecule has 2 N–H and O–H groups in total. The summed E-state index contributed by atoms with van der Waals surface area (Å²) >= 11 is 0. The minimum Gasteiger partial charge on any atom is -0.396 e. The second-order valence-corrected chi connectivity index (χ2v) is 6.42. The van der Waals surface area contributed by atoms with Gasteiger partial charge < -0.3 is 10.4 Å². The number of carbonyl (C=O) groups is 1. The van der Waals surface area contributed by atoms with Crippen molar-refractivity contribution in [3.63, 3.8) is 0 Å². The van der Waals surface area contributed by atoms with Crippen molar-refractivity contribution in [2.45, 2.75) is 46.1 Å². The minimum atomic E-state index is -0.311. The predicted molar refractivity (Wildman–Crippen MR) is 80.6 cm³/mol. The Bertz CT molecular complexity index is 726. The summed E-state index contributed by atoms with van der Waals surface area (Å²) in [6.07, 6.45) is 2.78. The molecule has 1 amide bonds. The zero-order chi connectivity index (χ0) is 15.9. The molecule has 2 unspecified atom stereocenters. The molecule has 7 heteroatoms. The average molecular weight is 303 g/mol. The fourth-order valence-electron chi connectivity index (χ4n) is 3.15. The van der Waals surface area contributed by atoms with E-state index in [4.69, 9.17) is 0 Å². The first-order chi connectivity index (χ1) is 10.4. The van der Waals surface area contributed by atoms with Gasteiger partial charge in [-0.3, -0.25) is 4.79 Å². The number of rotatable bonds is 3. The quantitative estimate of drug-likeness (QED) is 0.883. The van der Waals surface area contributed by atoms with Crippen LogP contribution in [-0.4, -0.2) is 43.2 Å². The van der Waals surface area contributed by atoms with Gasteiger partial charge in [0.15, 0.2) is 0 Å². The van der Waals surface area contributed by atoms with Crippen LogP contribution in [0.15, 0.2) is 6.07 Å². The number of fused-ring (bicyclic) bond motifs is 1. The molecule has 1 saturated carbocycles. The normalized spacial score (nSPS) is 24.8. The highest BCUT2D eigenvalue weighted by Gasteiger charge is 2.39. The van der Waals surface area contributed by atoms with Gasteiger partial charge in [0.25, 0.3) is 11.7 Å². The summed E-state index contributed by atoms with van der Waals surface area (Å²) < 4.78 is 1.57. The molecule has 7 nitrogen and oxygen atoms in total. The van der Waals surface area contributed by atoms with Gasteiger partial charge >= 0.3 is 0 Å². The van der Waals surface area contributed by atoms with E-state index in [0.717, 1.165) is 30.7 Å². The largest absolute Gasteiger partial charge is 0.396 e. The maximum atomic E-state index is 12.4. The molecule has 2 atom stereocenters. The van der Waals surface area contributed by atoms with E-state index in [1.165, 1.54) is 0 Å². The van der Waals surface area contributed by atoms with Crippen molar-refractivity contribution in [1.82, 2.24) is 24.9 Å². The van der Waals surface area contributed by atoms with Crippen molar-refractivity contribution in [2.75, 3.05) is 6.61 Å². The minimum absolute atomic E-state index is 0.0487. The van der Waals surface area contributed by atoms with Crippen LogP contribution < -0.4 is 5.32 Å². The number of aliphatic hydroxyl groups is 1. The van der Waals surface area contributed by atoms with Crippen molar-refractivity contribution < 1.29 is 9.90 Å². The van der Waals surface area contributed by atoms with Gasteiger partial charge in [0, 0.05) is 22.8 Å². The lowest BCUT2D eigenvalue weighted by atomic mass is 9.86. The number of carbonyl (C=O) groups excluding carboxylic acids is 1. The lowest BCUT2D eigenvalue weighted by Gasteiger charge is -2.29. The van der Waals surface area contributed by atoms with E-state index in [-0.39, 0.29) is 29.8 Å². The summed E-state index contributed by atoms with van der Waals surface area (Å²) in [5.74, 6) is 0.238. The second-order valence-electron chi connectivity index (χ2n) is 6.42. The van der Waals surface area contributed by atoms with Crippen molar-refractivity contribution in [1.29, 1.82) is 0 Å². The van der Waals surface area contributed by atoms with Gasteiger partial charge in [0.2, 0.25) is 5.82 Å². The lowest BCUT2D eigenvalue weighted by Crippen LogP contribution is -2.45. The van der Waals surface area contributed by atoms with Crippen LogP contribution in [0.3, 0.4) is 0 Å². The van der Waals surface area contributed by atoms with E-state index in [1.54, 1.807) is 4.52 Å². The summed E-state index contributed by atoms with van der Waals surface area (Å²) in [7, 11) is 0. The zero-order valence-electron chi connectivity index (χ0n) is 13.1. The highest BCUT2D eigenvalue weighted by molar-refractivity contribution is 5.91. The molecule has 0 bridgehead atoms. The summed E-state index contributed by atoms with van der Waals surface area (Å²) in [6.45, 7) is 5.85. The zero-order valence-corrected chi connectivity index (χ0v) is 13.1. The molecule has 0 spiro atoms. The fourth-order valence-corrected chi connectivity index (χ4v) is 3.15. The topological polar surface area (TPSA) is 92.4 Å². The number of aryl methyl sites for hydroxylation is 2. The van der Waals surface area contributed by atoms with Gasteiger partial charge in [-0.1, -0.05) is 13.3 Å². The standard InChI is InChI=1S/C15H21N5O2/c1-9-7-10(2)20-14(16-9)18-12(19-20)13(22)17-11-5-4-6-15(11,3)8-21/h7,11,21H,4-6,8H2,1-3H3,(H,17,22). The second kappa shape index (κ2) is 5.31. The van der Waals surface area contributed by atoms with E-state index in [1.807, 2.05) is 26.8 Å². The molecule has 1 aliphatic carbocycles. The molecule has 0 saturated heterocycles. The van der Waals surface area contributed by atoms with Gasteiger partial charge in [-0.25, -0.2) is 9.50 Å². The van der Waals surface area contributed by atoms with Gasteiger partial charge in [-0.05, 0) is 32.8 Å². The average Bonchev–Trinajstić information content (AvgIpc) is 3.04. The molecule has 22 heavy (non-hydrogen) atoms. The number of aliphatic hydroxyl groups excluding tert-OH is 1. The van der Waals surface area contributed by atoms with Gasteiger partial charge in [0.1, 0.15) is 0 Å². The highest BCUT2D eigenvalue weighted by Crippen LogP contribution is 2.37. The van der Waals surface area contributed by atoms with Crippen molar-refractivity contribution in [2.24, 2.45) is 5.41 Å². The monoisotopic (exact) mass is 303 g/mol. The van der Waals surface area contributed by atoms with Gasteiger partial charge in [-0.15, -0.1) is 5.10 Å². The lowest BCUT2D eigenvalue weighted by molar-refractivity contribution is 0.0821. The van der Waals surface area contributed by atoms with Crippen LogP contribution >= 0.6 is 0 Å². The summed E-state index contributed by atoms with van der Waals surface area (Å²) in [5.41, 5.74) is 1.46. The predicted octanol–water partition coefficient (Wildman–Crippen LogP) is 1.02. The number of hydrogen-bond acceptors (Lipinski definition) is 5. The molecule has 0 aliphatic heterocycles. The maximum absolute atomic E-state index is 12.4. The number of nitrogens with zero attached hydrogens (tertiary/aromatic N) is 4. The third kappa shape index (κ3) is 2.45. The van der Waals surface area contributed by atoms with Crippen LogP contribution in [-0.2, 0) is 0 Å². The first-order valence-electron chi connectivity index (χ1n) is 7.56. The molecule has 2 aromatic rings. The Labute approximate surface area is 128 Å². The number of amides is 1. The Hall–Kier alpha value is -2.02. The Morgan fingerprint density at radius 1 is 1.50 bits per heavy atom. The number of nitrogens with one attached hydrogen (secondary N) is 1. The van der Waals surface area contributed by atoms with Gasteiger partial charge in [-0.2, -0.15) is 4.98 Å². The molecular weight excluding hydrogens is 282 g/mol. The van der Waals surface area contributed by atoms with Crippen molar-refractivity contribution in [3.05, 3.63) is 23.3 Å². The summed E-state index contributed by atoms with van der Waals surface area (Å²) in [5, 5.41) is 16.8. The van der Waals surface area contributed by atoms with Crippen LogP contribution in [0.4, 0.5) is 0 Å². The molecule has 1 aliphatic rings. The van der Waals surface area contributed by atoms with Crippen LogP contribution in [0, 0.1) is 19.3 Å². The smallest absolute Gasteiger partial charge is 0.291 e. The third-order valence-electron chi connectivity index (χ3n) is 4.57. The van der Waals surface area contributed by atoms with E-state index >= 15 is 0 Å². The SMILES string of the molecule is Cc1cc(C)n2nc(C(=O)NC3CCCC3(C)CO)nc2n1. The van der Waals surface area contributed by atoms with Crippen LogP contribution in [0.1, 0.15) is 48.2 Å². The Balaban J connectivity index is 1.85. The molecule has 0 aromatic carbocycles. The van der Waals surface area contributed by atoms with E-state index < -0.39 is 0 Å². The molecule has 1 fully saturated rings. The Kier molecular flexibility index (Phi) is 3.60. The van der Waals surface area contributed by atoms with Crippen LogP contribution in [0.2, 0.25) is 0 Å². The number of hydrogen-bond donors (Lipinski definition) is 2. The summed E-state index contributed by atoms with van der Waals surface area (Å²) in [4.78, 5) is 20.9. The fraction of sp³-hybridized carbons (Fsp3) is 0.600. The maximum Gasteiger partial charge on any atom is 0.291 e. The molecule has 0 radical (unpaired) electrons. The number of aromatic nitrogens is 4. The molecule has 3 rings (SSSR count). The highest BCUT2D eigenvalue weighted by atomic mass is 16.3. The molecule has 118 valence electrons. The molecular formula is C15H21N5O2. The Morgan fingerprint density at radius 2 is 2.27 bits per heavy atom. The molecule has 2 aromatic heterocycles. The van der Waals surface area contributed by atoms with Crippen molar-refractivity contribution in [3.8, 4) is 0 Å². The third-order valence-corrected chi connectivity index (χ3v) is 4.57. The van der Waals surface area contributed by atoms with Crippen molar-refractivity contribution >= 4 is 11.7 Å². The molecule has 2 heterocycles. The van der Waals surface area contributed by atoms with E-state index in [2.05, 4.69) is 20.4 Å². The summed E-state index contributed by atoms with van der Waals surface area (Å²) in [6, 6.07) is 1.84. The first kappa shape index (κ1) is 14.9. The van der Waals surface area contributed by atoms with Crippen LogP contribution in [0.5, 0.6) is 0 Å². The van der Waals surface area contributed by atoms with E-state index in [0.29, 0.717) is 5.78 Å². The van der Waals surface area contributed by atoms with E-state index in [9.17, 15) is 9.90 Å². The van der Waals surface area contributed by atoms with Crippen LogP contribution in [0.25, 0.3) is 5.78 Å². The Morgan fingerprint density at radius 3 is 3.00 bits per heavy atom. The first-order valence-corrected chi connectivity index (χ1v) is 7.56.